The largest absolute Gasteiger partial charge is 0.348 e. The molecule has 84 valence electrons. The van der Waals surface area contributed by atoms with Crippen molar-refractivity contribution in [1.29, 1.82) is 0 Å². The van der Waals surface area contributed by atoms with E-state index in [9.17, 15) is 4.79 Å². The van der Waals surface area contributed by atoms with Crippen LogP contribution < -0.4 is 5.73 Å². The summed E-state index contributed by atoms with van der Waals surface area (Å²) in [5, 5.41) is 0. The lowest BCUT2D eigenvalue weighted by molar-refractivity contribution is -0.129. The molecule has 0 bridgehead atoms. The van der Waals surface area contributed by atoms with Crippen molar-refractivity contribution >= 4 is 5.91 Å². The number of hydrogen-bond acceptors (Lipinski definition) is 3. The average molecular weight is 201 g/mol. The number of carbonyl (C=O) groups is 1. The van der Waals surface area contributed by atoms with Crippen LogP contribution in [0.15, 0.2) is 0 Å². The minimum Gasteiger partial charge on any atom is -0.348 e. The molecule has 0 rings (SSSR count). The van der Waals surface area contributed by atoms with Crippen LogP contribution in [0.25, 0.3) is 0 Å². The number of nitrogens with two attached hydrogens (primary N) is 1. The van der Waals surface area contributed by atoms with E-state index in [1.165, 1.54) is 0 Å². The van der Waals surface area contributed by atoms with Crippen molar-refractivity contribution in [3.8, 4) is 0 Å². The number of hydrogen-bond donors (Lipinski definition) is 1. The van der Waals surface area contributed by atoms with Gasteiger partial charge in [-0.05, 0) is 33.0 Å². The molecular weight excluding hydrogens is 178 g/mol. The molecule has 0 radical (unpaired) electrons. The molecule has 0 saturated heterocycles. The fourth-order valence-electron chi connectivity index (χ4n) is 1.15. The van der Waals surface area contributed by atoms with Crippen molar-refractivity contribution in [3.63, 3.8) is 0 Å². The van der Waals surface area contributed by atoms with Gasteiger partial charge in [0, 0.05) is 14.1 Å². The highest BCUT2D eigenvalue weighted by Gasteiger charge is 2.07. The quantitative estimate of drug-likeness (QED) is 0.596. The lowest BCUT2D eigenvalue weighted by Crippen LogP contribution is -2.34. The molecule has 0 saturated carbocycles. The van der Waals surface area contributed by atoms with Gasteiger partial charge in [-0.2, -0.15) is 0 Å². The van der Waals surface area contributed by atoms with Crippen LogP contribution in [0.4, 0.5) is 0 Å². The lowest BCUT2D eigenvalue weighted by Gasteiger charge is -2.18. The Hall–Kier alpha value is -0.610. The second-order valence-electron chi connectivity index (χ2n) is 3.88. The van der Waals surface area contributed by atoms with Crippen molar-refractivity contribution in [3.05, 3.63) is 0 Å². The highest BCUT2D eigenvalue weighted by molar-refractivity contribution is 5.77. The van der Waals surface area contributed by atoms with Gasteiger partial charge in [-0.3, -0.25) is 9.69 Å². The summed E-state index contributed by atoms with van der Waals surface area (Å²) < 4.78 is 0. The van der Waals surface area contributed by atoms with E-state index >= 15 is 0 Å². The molecule has 2 N–H and O–H groups in total. The zero-order valence-corrected chi connectivity index (χ0v) is 9.62. The molecule has 4 nitrogen and oxygen atoms in total. The third-order valence-electron chi connectivity index (χ3n) is 2.15. The summed E-state index contributed by atoms with van der Waals surface area (Å²) in [6.07, 6.45) is 3.35. The Bertz CT molecular complexity index is 159. The molecule has 0 fully saturated rings. The fourth-order valence-corrected chi connectivity index (χ4v) is 1.15. The number of rotatable bonds is 7. The van der Waals surface area contributed by atoms with Gasteiger partial charge in [0.1, 0.15) is 0 Å². The van der Waals surface area contributed by atoms with Gasteiger partial charge < -0.3 is 10.6 Å². The predicted octanol–water partition coefficient (Wildman–Crippen LogP) is 0.135. The van der Waals surface area contributed by atoms with Gasteiger partial charge in [0.05, 0.1) is 6.54 Å². The molecule has 14 heavy (non-hydrogen) atoms. The molecule has 0 heterocycles. The van der Waals surface area contributed by atoms with Gasteiger partial charge >= 0.3 is 0 Å². The van der Waals surface area contributed by atoms with E-state index in [-0.39, 0.29) is 5.91 Å². The normalized spacial score (nSPS) is 10.6. The third-order valence-corrected chi connectivity index (χ3v) is 2.15. The second kappa shape index (κ2) is 7.76. The van der Waals surface area contributed by atoms with Crippen LogP contribution in [0.2, 0.25) is 0 Å². The molecule has 1 amide bonds. The van der Waals surface area contributed by atoms with Crippen LogP contribution in [0.3, 0.4) is 0 Å². The summed E-state index contributed by atoms with van der Waals surface area (Å²) in [6, 6.07) is 0. The van der Waals surface area contributed by atoms with E-state index in [2.05, 4.69) is 4.90 Å². The van der Waals surface area contributed by atoms with Gasteiger partial charge in [0.15, 0.2) is 0 Å². The highest BCUT2D eigenvalue weighted by atomic mass is 16.2. The molecule has 0 atom stereocenters. The molecule has 0 aliphatic carbocycles. The minimum absolute atomic E-state index is 0.159. The SMILES string of the molecule is CN(CCCCCN)CC(=O)N(C)C. The van der Waals surface area contributed by atoms with E-state index < -0.39 is 0 Å². The van der Waals surface area contributed by atoms with Gasteiger partial charge in [0.25, 0.3) is 0 Å². The van der Waals surface area contributed by atoms with Crippen molar-refractivity contribution in [2.24, 2.45) is 5.73 Å². The molecule has 0 spiro atoms. The molecule has 0 aromatic carbocycles. The molecule has 4 heteroatoms. The zero-order chi connectivity index (χ0) is 11.0. The first-order valence-corrected chi connectivity index (χ1v) is 5.16. The predicted molar refractivity (Wildman–Crippen MR) is 59.1 cm³/mol. The topological polar surface area (TPSA) is 49.6 Å². The number of nitrogens with zero attached hydrogens (tertiary/aromatic N) is 2. The lowest BCUT2D eigenvalue weighted by atomic mass is 10.2. The van der Waals surface area contributed by atoms with Gasteiger partial charge in [-0.1, -0.05) is 6.42 Å². The number of carbonyl (C=O) groups excluding carboxylic acids is 1. The summed E-state index contributed by atoms with van der Waals surface area (Å²) in [5.74, 6) is 0.159. The Balaban J connectivity index is 3.45. The maximum absolute atomic E-state index is 11.3. The summed E-state index contributed by atoms with van der Waals surface area (Å²) in [5.41, 5.74) is 5.39. The van der Waals surface area contributed by atoms with Crippen LogP contribution in [0.1, 0.15) is 19.3 Å². The summed E-state index contributed by atoms with van der Waals surface area (Å²) in [7, 11) is 5.54. The van der Waals surface area contributed by atoms with Crippen molar-refractivity contribution < 1.29 is 4.79 Å². The van der Waals surface area contributed by atoms with E-state index in [0.717, 1.165) is 32.4 Å². The number of likely N-dealkylation sites (N-methyl/N-ethyl adjacent to an activating group) is 2. The van der Waals surface area contributed by atoms with Crippen molar-refractivity contribution in [2.45, 2.75) is 19.3 Å². The first kappa shape index (κ1) is 13.4. The molecule has 0 aliphatic heterocycles. The van der Waals surface area contributed by atoms with Crippen LogP contribution in [0, 0.1) is 0 Å². The maximum Gasteiger partial charge on any atom is 0.236 e. The van der Waals surface area contributed by atoms with E-state index in [1.54, 1.807) is 19.0 Å². The van der Waals surface area contributed by atoms with Crippen LogP contribution in [-0.4, -0.2) is 56.5 Å². The van der Waals surface area contributed by atoms with Gasteiger partial charge in [-0.15, -0.1) is 0 Å². The van der Waals surface area contributed by atoms with Crippen LogP contribution in [-0.2, 0) is 4.79 Å². The van der Waals surface area contributed by atoms with Crippen LogP contribution >= 0.6 is 0 Å². The first-order valence-electron chi connectivity index (χ1n) is 5.16. The Labute approximate surface area is 87.0 Å². The van der Waals surface area contributed by atoms with Gasteiger partial charge in [-0.25, -0.2) is 0 Å². The Kier molecular flexibility index (Phi) is 7.42. The minimum atomic E-state index is 0.159. The number of amides is 1. The summed E-state index contributed by atoms with van der Waals surface area (Å²) >= 11 is 0. The van der Waals surface area contributed by atoms with Crippen molar-refractivity contribution in [2.75, 3.05) is 40.8 Å². The van der Waals surface area contributed by atoms with E-state index in [1.807, 2.05) is 7.05 Å². The van der Waals surface area contributed by atoms with Crippen LogP contribution in [0.5, 0.6) is 0 Å². The van der Waals surface area contributed by atoms with Crippen molar-refractivity contribution in [1.82, 2.24) is 9.80 Å². The standard InChI is InChI=1S/C10H23N3O/c1-12(2)10(14)9-13(3)8-6-4-5-7-11/h4-9,11H2,1-3H3. The molecule has 0 aromatic heterocycles. The third kappa shape index (κ3) is 6.86. The smallest absolute Gasteiger partial charge is 0.236 e. The average Bonchev–Trinajstić information content (AvgIpc) is 2.12. The van der Waals surface area contributed by atoms with Gasteiger partial charge in [0.2, 0.25) is 5.91 Å². The summed E-state index contributed by atoms with van der Waals surface area (Å²) in [4.78, 5) is 15.0. The molecular formula is C10H23N3O. The first-order chi connectivity index (χ1) is 6.57. The molecule has 0 aliphatic rings. The maximum atomic E-state index is 11.3. The molecule has 0 aromatic rings. The van der Waals surface area contributed by atoms with E-state index in [0.29, 0.717) is 6.54 Å². The monoisotopic (exact) mass is 201 g/mol. The fraction of sp³-hybridized carbons (Fsp3) is 0.900. The Morgan fingerprint density at radius 2 is 1.79 bits per heavy atom. The summed E-state index contributed by atoms with van der Waals surface area (Å²) in [6.45, 7) is 2.25. The second-order valence-corrected chi connectivity index (χ2v) is 3.88. The molecule has 0 unspecified atom stereocenters. The Morgan fingerprint density at radius 1 is 1.14 bits per heavy atom. The Morgan fingerprint density at radius 3 is 2.29 bits per heavy atom. The number of unbranched alkanes of at least 4 members (excludes halogenated alkanes) is 2. The van der Waals surface area contributed by atoms with E-state index in [4.69, 9.17) is 5.73 Å². The zero-order valence-electron chi connectivity index (χ0n) is 9.62. The highest BCUT2D eigenvalue weighted by Crippen LogP contribution is 1.96.